The van der Waals surface area contributed by atoms with Gasteiger partial charge in [-0.15, -0.1) is 0 Å². The van der Waals surface area contributed by atoms with Gasteiger partial charge in [-0.3, -0.25) is 4.90 Å². The van der Waals surface area contributed by atoms with E-state index in [0.29, 0.717) is 11.8 Å². The van der Waals surface area contributed by atoms with Gasteiger partial charge in [-0.2, -0.15) is 0 Å². The molecular weight excluding hydrogens is 266 g/mol. The quantitative estimate of drug-likeness (QED) is 0.732. The molecule has 21 heavy (non-hydrogen) atoms. The van der Waals surface area contributed by atoms with Gasteiger partial charge in [0.25, 0.3) is 0 Å². The van der Waals surface area contributed by atoms with Gasteiger partial charge in [-0.05, 0) is 56.8 Å². The Hall–Kier alpha value is -1.29. The monoisotopic (exact) mass is 295 g/mol. The van der Waals surface area contributed by atoms with Crippen molar-refractivity contribution in [2.45, 2.75) is 53.5 Å². The van der Waals surface area contributed by atoms with E-state index in [1.165, 1.54) is 6.07 Å². The Balaban J connectivity index is 2.75. The number of carboxylic acid groups (broad SMARTS) is 1. The van der Waals surface area contributed by atoms with Crippen LogP contribution in [0.5, 0.6) is 0 Å². The van der Waals surface area contributed by atoms with Gasteiger partial charge in [-0.25, -0.2) is 4.79 Å². The Morgan fingerprint density at radius 3 is 2.00 bits per heavy atom. The summed E-state index contributed by atoms with van der Waals surface area (Å²) in [6.07, 6.45) is 2.27. The minimum absolute atomic E-state index is 0.0181. The lowest BCUT2D eigenvalue weighted by molar-refractivity contribution is 0.0655. The Bertz CT molecular complexity index is 425. The van der Waals surface area contributed by atoms with Gasteiger partial charge in [0.15, 0.2) is 0 Å². The van der Waals surface area contributed by atoms with Gasteiger partial charge in [0.05, 0.1) is 6.04 Å². The maximum absolute atomic E-state index is 10.9. The predicted molar refractivity (Wildman–Crippen MR) is 84.6 cm³/mol. The SMILES string of the molecule is CC(C)CCN(CCC(C)C)C(C)c1ccc(C(=O)O)o1. The highest BCUT2D eigenvalue weighted by Gasteiger charge is 2.20. The average molecular weight is 295 g/mol. The number of aromatic carboxylic acids is 1. The molecule has 0 aliphatic rings. The molecule has 1 aromatic rings. The summed E-state index contributed by atoms with van der Waals surface area (Å²) >= 11 is 0. The third-order valence-corrected chi connectivity index (χ3v) is 3.78. The van der Waals surface area contributed by atoms with Crippen LogP contribution in [0.3, 0.4) is 0 Å². The van der Waals surface area contributed by atoms with Crippen molar-refractivity contribution in [1.29, 1.82) is 0 Å². The van der Waals surface area contributed by atoms with E-state index in [9.17, 15) is 4.79 Å². The molecule has 0 radical (unpaired) electrons. The fraction of sp³-hybridized carbons (Fsp3) is 0.706. The highest BCUT2D eigenvalue weighted by molar-refractivity contribution is 5.84. The van der Waals surface area contributed by atoms with Gasteiger partial charge in [0.2, 0.25) is 5.76 Å². The van der Waals surface area contributed by atoms with E-state index in [2.05, 4.69) is 39.5 Å². The Morgan fingerprint density at radius 2 is 1.62 bits per heavy atom. The summed E-state index contributed by atoms with van der Waals surface area (Å²) in [5, 5.41) is 8.96. The van der Waals surface area contributed by atoms with Gasteiger partial charge in [-0.1, -0.05) is 27.7 Å². The Kier molecular flexibility index (Phi) is 6.96. The van der Waals surface area contributed by atoms with Crippen LogP contribution in [0.1, 0.15) is 69.8 Å². The molecule has 0 saturated heterocycles. The van der Waals surface area contributed by atoms with Crippen molar-refractivity contribution in [2.75, 3.05) is 13.1 Å². The molecule has 1 heterocycles. The molecule has 4 heteroatoms. The first-order valence-electron chi connectivity index (χ1n) is 7.88. The second kappa shape index (κ2) is 8.23. The van der Waals surface area contributed by atoms with Crippen LogP contribution in [-0.2, 0) is 0 Å². The van der Waals surface area contributed by atoms with Crippen LogP contribution in [0, 0.1) is 11.8 Å². The predicted octanol–water partition coefficient (Wildman–Crippen LogP) is 4.43. The molecule has 0 spiro atoms. The average Bonchev–Trinajstić information content (AvgIpc) is 2.87. The van der Waals surface area contributed by atoms with E-state index < -0.39 is 5.97 Å². The van der Waals surface area contributed by atoms with Crippen molar-refractivity contribution in [3.8, 4) is 0 Å². The zero-order chi connectivity index (χ0) is 16.0. The van der Waals surface area contributed by atoms with Gasteiger partial charge in [0, 0.05) is 0 Å². The molecule has 0 aliphatic carbocycles. The summed E-state index contributed by atoms with van der Waals surface area (Å²) in [6, 6.07) is 3.43. The molecule has 1 rings (SSSR count). The van der Waals surface area contributed by atoms with E-state index >= 15 is 0 Å². The highest BCUT2D eigenvalue weighted by Crippen LogP contribution is 2.24. The van der Waals surface area contributed by atoms with Gasteiger partial charge in [0.1, 0.15) is 5.76 Å². The van der Waals surface area contributed by atoms with Crippen molar-refractivity contribution < 1.29 is 14.3 Å². The summed E-state index contributed by atoms with van der Waals surface area (Å²) in [5.74, 6) is 1.06. The lowest BCUT2D eigenvalue weighted by atomic mass is 10.1. The largest absolute Gasteiger partial charge is 0.475 e. The second-order valence-electron chi connectivity index (χ2n) is 6.58. The first kappa shape index (κ1) is 17.8. The fourth-order valence-electron chi connectivity index (χ4n) is 2.22. The van der Waals surface area contributed by atoms with Crippen molar-refractivity contribution in [1.82, 2.24) is 4.90 Å². The van der Waals surface area contributed by atoms with Crippen LogP contribution in [0.2, 0.25) is 0 Å². The number of carboxylic acids is 1. The summed E-state index contributed by atoms with van der Waals surface area (Å²) in [5.41, 5.74) is 0. The highest BCUT2D eigenvalue weighted by atomic mass is 16.4. The summed E-state index contributed by atoms with van der Waals surface area (Å²) in [4.78, 5) is 13.3. The molecule has 1 unspecified atom stereocenters. The van der Waals surface area contributed by atoms with E-state index in [1.807, 2.05) is 0 Å². The maximum atomic E-state index is 10.9. The van der Waals surface area contributed by atoms with Crippen LogP contribution >= 0.6 is 0 Å². The van der Waals surface area contributed by atoms with Gasteiger partial charge < -0.3 is 9.52 Å². The van der Waals surface area contributed by atoms with Gasteiger partial charge >= 0.3 is 5.97 Å². The number of nitrogens with zero attached hydrogens (tertiary/aromatic N) is 1. The maximum Gasteiger partial charge on any atom is 0.371 e. The van der Waals surface area contributed by atoms with E-state index in [4.69, 9.17) is 9.52 Å². The molecule has 0 amide bonds. The third-order valence-electron chi connectivity index (χ3n) is 3.78. The molecule has 4 nitrogen and oxygen atoms in total. The van der Waals surface area contributed by atoms with E-state index in [-0.39, 0.29) is 11.8 Å². The molecule has 0 saturated carbocycles. The number of hydrogen-bond acceptors (Lipinski definition) is 3. The van der Waals surface area contributed by atoms with E-state index in [1.54, 1.807) is 6.07 Å². The standard InChI is InChI=1S/C17H29NO3/c1-12(2)8-10-18(11-9-13(3)4)14(5)15-6-7-16(21-15)17(19)20/h6-7,12-14H,8-11H2,1-5H3,(H,19,20). The number of furan rings is 1. The Labute approximate surface area is 128 Å². The molecule has 0 aliphatic heterocycles. The van der Waals surface area contributed by atoms with Crippen molar-refractivity contribution in [3.63, 3.8) is 0 Å². The molecule has 0 fully saturated rings. The zero-order valence-corrected chi connectivity index (χ0v) is 13.9. The molecule has 1 atom stereocenters. The van der Waals surface area contributed by atoms with Crippen LogP contribution in [0.15, 0.2) is 16.5 Å². The molecule has 0 bridgehead atoms. The first-order valence-corrected chi connectivity index (χ1v) is 7.88. The topological polar surface area (TPSA) is 53.7 Å². The minimum Gasteiger partial charge on any atom is -0.475 e. The summed E-state index contributed by atoms with van der Waals surface area (Å²) in [6.45, 7) is 13.0. The summed E-state index contributed by atoms with van der Waals surface area (Å²) < 4.78 is 5.46. The van der Waals surface area contributed by atoms with Crippen LogP contribution in [0.25, 0.3) is 0 Å². The fourth-order valence-corrected chi connectivity index (χ4v) is 2.22. The zero-order valence-electron chi connectivity index (χ0n) is 13.9. The van der Waals surface area contributed by atoms with Crippen molar-refractivity contribution >= 4 is 5.97 Å². The lowest BCUT2D eigenvalue weighted by Crippen LogP contribution is -2.30. The van der Waals surface area contributed by atoms with Crippen LogP contribution in [0.4, 0.5) is 0 Å². The molecule has 120 valence electrons. The number of rotatable bonds is 9. The third kappa shape index (κ3) is 5.92. The number of hydrogen-bond donors (Lipinski definition) is 1. The van der Waals surface area contributed by atoms with E-state index in [0.717, 1.165) is 31.7 Å². The number of carbonyl (C=O) groups is 1. The minimum atomic E-state index is -1.01. The summed E-state index contributed by atoms with van der Waals surface area (Å²) in [7, 11) is 0. The molecular formula is C17H29NO3. The molecule has 1 aromatic heterocycles. The lowest BCUT2D eigenvalue weighted by Gasteiger charge is -2.29. The van der Waals surface area contributed by atoms with Crippen molar-refractivity contribution in [3.05, 3.63) is 23.7 Å². The second-order valence-corrected chi connectivity index (χ2v) is 6.58. The molecule has 1 N–H and O–H groups in total. The van der Waals surface area contributed by atoms with Crippen LogP contribution < -0.4 is 0 Å². The normalized spacial score (nSPS) is 13.3. The Morgan fingerprint density at radius 1 is 1.10 bits per heavy atom. The first-order chi connectivity index (χ1) is 9.81. The van der Waals surface area contributed by atoms with Crippen LogP contribution in [-0.4, -0.2) is 29.1 Å². The smallest absolute Gasteiger partial charge is 0.371 e. The van der Waals surface area contributed by atoms with Crippen molar-refractivity contribution in [2.24, 2.45) is 11.8 Å². The molecule has 0 aromatic carbocycles.